The molecule has 2 aromatic heterocycles. The zero-order valence-corrected chi connectivity index (χ0v) is 32.0. The minimum absolute atomic E-state index is 0.273. The quantitative estimate of drug-likeness (QED) is 0.155. The Kier molecular flexibility index (Phi) is 9.50. The third kappa shape index (κ3) is 7.36. The lowest BCUT2D eigenvalue weighted by molar-refractivity contribution is 0.818. The third-order valence-electron chi connectivity index (χ3n) is 11.1. The molecule has 2 heterocycles. The Morgan fingerprint density at radius 2 is 0.948 bits per heavy atom. The van der Waals surface area contributed by atoms with Gasteiger partial charge in [0.25, 0.3) is 0 Å². The van der Waals surface area contributed by atoms with Crippen LogP contribution >= 0.6 is 0 Å². The van der Waals surface area contributed by atoms with Gasteiger partial charge < -0.3 is 0 Å². The summed E-state index contributed by atoms with van der Waals surface area (Å²) in [7, 11) is 0. The first-order chi connectivity index (χ1) is 28.7. The van der Waals surface area contributed by atoms with Gasteiger partial charge in [0.2, 0.25) is 0 Å². The lowest BCUT2D eigenvalue weighted by Crippen LogP contribution is -2.03. The van der Waals surface area contributed by atoms with E-state index in [1.807, 2.05) is 30.3 Å². The Hall–Kier alpha value is -7.30. The van der Waals surface area contributed by atoms with E-state index >= 15 is 0 Å². The molecular weight excluding hydrogens is 705 g/mol. The van der Waals surface area contributed by atoms with Crippen LogP contribution in [0.4, 0.5) is 0 Å². The van der Waals surface area contributed by atoms with Crippen molar-refractivity contribution in [2.24, 2.45) is 0 Å². The summed E-state index contributed by atoms with van der Waals surface area (Å²) < 4.78 is 0. The van der Waals surface area contributed by atoms with Crippen molar-refractivity contribution >= 4 is 16.3 Å². The number of fused-ring (bicyclic) bond motifs is 1. The van der Waals surface area contributed by atoms with Crippen molar-refractivity contribution in [3.05, 3.63) is 212 Å². The first-order valence-corrected chi connectivity index (χ1v) is 20.0. The second-order valence-corrected chi connectivity index (χ2v) is 14.9. The predicted molar refractivity (Wildman–Crippen MR) is 240 cm³/mol. The van der Waals surface area contributed by atoms with E-state index in [0.717, 1.165) is 64.3 Å². The fourth-order valence-electron chi connectivity index (χ4n) is 7.89. The van der Waals surface area contributed by atoms with Crippen LogP contribution in [0.15, 0.2) is 200 Å². The lowest BCUT2D eigenvalue weighted by Gasteiger charge is -2.16. The van der Waals surface area contributed by atoms with Gasteiger partial charge in [-0.3, -0.25) is 4.98 Å². The van der Waals surface area contributed by atoms with E-state index in [9.17, 15) is 0 Å². The molecule has 0 amide bonds. The fourth-order valence-corrected chi connectivity index (χ4v) is 7.89. The van der Waals surface area contributed by atoms with Crippen LogP contribution in [0.2, 0.25) is 0 Å². The van der Waals surface area contributed by atoms with Crippen molar-refractivity contribution in [1.82, 2.24) is 19.9 Å². The highest BCUT2D eigenvalue weighted by molar-refractivity contribution is 5.91. The first kappa shape index (κ1) is 35.1. The van der Waals surface area contributed by atoms with Gasteiger partial charge in [0.1, 0.15) is 0 Å². The monoisotopic (exact) mass is 744 g/mol. The van der Waals surface area contributed by atoms with Gasteiger partial charge in [0, 0.05) is 28.3 Å². The molecule has 276 valence electrons. The Bertz CT molecular complexity index is 2890. The van der Waals surface area contributed by atoms with Gasteiger partial charge in [-0.1, -0.05) is 176 Å². The van der Waals surface area contributed by atoms with Crippen molar-refractivity contribution in [3.8, 4) is 67.4 Å². The topological polar surface area (TPSA) is 51.6 Å². The Morgan fingerprint density at radius 3 is 1.53 bits per heavy atom. The molecule has 58 heavy (non-hydrogen) atoms. The van der Waals surface area contributed by atoms with Gasteiger partial charge in [0.05, 0.1) is 5.69 Å². The average molecular weight is 745 g/mol. The van der Waals surface area contributed by atoms with Crippen LogP contribution in [0.1, 0.15) is 36.7 Å². The van der Waals surface area contributed by atoms with E-state index in [1.165, 1.54) is 38.6 Å². The maximum atomic E-state index is 5.12. The van der Waals surface area contributed by atoms with Crippen LogP contribution < -0.4 is 0 Å². The maximum absolute atomic E-state index is 5.12. The standard InChI is InChI=1S/C54H40N4/c1-5-13-40(14-6-1)50-35-49(36-51(55-50)41-15-7-2-8-16-41)39-23-21-37(22-24-39)45-29-31-48-34-46(30-32-47(48)33-45)38-25-27-44(28-26-38)54-57-52(42-17-9-3-10-18-42)56-53(58-54)43-19-11-4-12-20-43/h1-11,13-15,17-19,21-36,41H,12,16,20H2. The third-order valence-corrected chi connectivity index (χ3v) is 11.1. The number of hydrogen-bond donors (Lipinski definition) is 0. The smallest absolute Gasteiger partial charge is 0.164 e. The zero-order valence-electron chi connectivity index (χ0n) is 32.0. The number of allylic oxidation sites excluding steroid dienone is 8. The summed E-state index contributed by atoms with van der Waals surface area (Å²) in [5.74, 6) is 2.39. The van der Waals surface area contributed by atoms with Gasteiger partial charge in [-0.15, -0.1) is 0 Å². The molecular formula is C54H40N4. The van der Waals surface area contributed by atoms with Crippen LogP contribution in [-0.4, -0.2) is 19.9 Å². The molecule has 0 saturated carbocycles. The summed E-state index contributed by atoms with van der Waals surface area (Å²) in [6.45, 7) is 0. The molecule has 2 aliphatic rings. The molecule has 8 aromatic rings. The Labute approximate surface area is 339 Å². The number of benzene rings is 6. The highest BCUT2D eigenvalue weighted by Crippen LogP contribution is 2.35. The second-order valence-electron chi connectivity index (χ2n) is 14.9. The van der Waals surface area contributed by atoms with E-state index in [0.29, 0.717) is 11.6 Å². The van der Waals surface area contributed by atoms with E-state index in [2.05, 4.69) is 170 Å². The molecule has 4 nitrogen and oxygen atoms in total. The molecule has 1 unspecified atom stereocenters. The molecule has 1 atom stereocenters. The molecule has 0 spiro atoms. The first-order valence-electron chi connectivity index (χ1n) is 20.0. The molecule has 0 fully saturated rings. The largest absolute Gasteiger partial charge is 0.252 e. The van der Waals surface area contributed by atoms with Gasteiger partial charge in [0.15, 0.2) is 17.5 Å². The van der Waals surface area contributed by atoms with E-state index in [4.69, 9.17) is 19.9 Å². The SMILES string of the molecule is C1=CCCC(c2nc(-c3ccccc3)nc(-c3ccc(-c4ccc5cc(-c6ccc(-c7cc(-c8ccccc8)nc(C8C=CC=CC8)c7)cc6)ccc5c4)cc3)n2)=C1. The highest BCUT2D eigenvalue weighted by Gasteiger charge is 2.16. The summed E-state index contributed by atoms with van der Waals surface area (Å²) in [6.07, 6.45) is 18.0. The summed E-state index contributed by atoms with van der Waals surface area (Å²) in [5, 5.41) is 2.41. The molecule has 6 aromatic carbocycles. The van der Waals surface area contributed by atoms with Gasteiger partial charge in [-0.05, 0) is 93.3 Å². The molecule has 4 heteroatoms. The molecule has 0 radical (unpaired) electrons. The molecule has 10 rings (SSSR count). The predicted octanol–water partition coefficient (Wildman–Crippen LogP) is 13.8. The van der Waals surface area contributed by atoms with Gasteiger partial charge in [-0.25, -0.2) is 15.0 Å². The number of rotatable bonds is 8. The Morgan fingerprint density at radius 1 is 0.397 bits per heavy atom. The maximum Gasteiger partial charge on any atom is 0.164 e. The van der Waals surface area contributed by atoms with Crippen molar-refractivity contribution in [1.29, 1.82) is 0 Å². The van der Waals surface area contributed by atoms with Crippen molar-refractivity contribution in [3.63, 3.8) is 0 Å². The minimum atomic E-state index is 0.273. The van der Waals surface area contributed by atoms with Crippen LogP contribution in [-0.2, 0) is 0 Å². The minimum Gasteiger partial charge on any atom is -0.252 e. The number of aromatic nitrogens is 4. The molecule has 0 N–H and O–H groups in total. The van der Waals surface area contributed by atoms with Crippen molar-refractivity contribution in [2.45, 2.75) is 25.2 Å². The van der Waals surface area contributed by atoms with Crippen LogP contribution in [0.25, 0.3) is 83.8 Å². The van der Waals surface area contributed by atoms with Crippen molar-refractivity contribution in [2.75, 3.05) is 0 Å². The number of pyridine rings is 1. The van der Waals surface area contributed by atoms with Gasteiger partial charge in [-0.2, -0.15) is 0 Å². The summed E-state index contributed by atoms with van der Waals surface area (Å²) in [4.78, 5) is 19.9. The van der Waals surface area contributed by atoms with E-state index in [-0.39, 0.29) is 5.92 Å². The molecule has 2 aliphatic carbocycles. The number of nitrogens with zero attached hydrogens (tertiary/aromatic N) is 4. The average Bonchev–Trinajstić information content (AvgIpc) is 3.32. The number of hydrogen-bond acceptors (Lipinski definition) is 4. The fraction of sp³-hybridized carbons (Fsp3) is 0.0741. The van der Waals surface area contributed by atoms with Crippen molar-refractivity contribution < 1.29 is 0 Å². The van der Waals surface area contributed by atoms with E-state index in [1.54, 1.807) is 0 Å². The Balaban J connectivity index is 0.905. The van der Waals surface area contributed by atoms with Crippen LogP contribution in [0.3, 0.4) is 0 Å². The van der Waals surface area contributed by atoms with Gasteiger partial charge >= 0.3 is 0 Å². The second kappa shape index (κ2) is 15.7. The highest BCUT2D eigenvalue weighted by atomic mass is 15.0. The molecule has 0 bridgehead atoms. The zero-order chi connectivity index (χ0) is 38.7. The summed E-state index contributed by atoms with van der Waals surface area (Å²) in [6, 6.07) is 56.1. The summed E-state index contributed by atoms with van der Waals surface area (Å²) in [5.41, 5.74) is 13.4. The van der Waals surface area contributed by atoms with Crippen LogP contribution in [0.5, 0.6) is 0 Å². The molecule has 0 aliphatic heterocycles. The van der Waals surface area contributed by atoms with Crippen LogP contribution in [0, 0.1) is 0 Å². The van der Waals surface area contributed by atoms with E-state index < -0.39 is 0 Å². The lowest BCUT2D eigenvalue weighted by atomic mass is 9.92. The summed E-state index contributed by atoms with van der Waals surface area (Å²) >= 11 is 0. The molecule has 0 saturated heterocycles. The normalized spacial score (nSPS) is 14.8.